The van der Waals surface area contributed by atoms with Gasteiger partial charge in [0.25, 0.3) is 5.56 Å². The smallest absolute Gasteiger partial charge is 0.273 e. The van der Waals surface area contributed by atoms with E-state index in [9.17, 15) is 4.79 Å². The van der Waals surface area contributed by atoms with Crippen molar-refractivity contribution in [3.63, 3.8) is 0 Å². The SMILES string of the molecule is Cc1nc2c(c(C)c1Cc1nc(C3(N)CCC3)no1)c(=O)[nH]n2C. The molecule has 0 aliphatic heterocycles. The van der Waals surface area contributed by atoms with E-state index in [-0.39, 0.29) is 5.56 Å². The van der Waals surface area contributed by atoms with Crippen molar-refractivity contribution in [1.82, 2.24) is 24.9 Å². The number of aryl methyl sites for hydroxylation is 3. The highest BCUT2D eigenvalue weighted by Crippen LogP contribution is 2.37. The Bertz CT molecular complexity index is 992. The lowest BCUT2D eigenvalue weighted by Crippen LogP contribution is -2.44. The van der Waals surface area contributed by atoms with Gasteiger partial charge in [0.15, 0.2) is 11.5 Å². The molecule has 126 valence electrons. The molecule has 1 aliphatic carbocycles. The quantitative estimate of drug-likeness (QED) is 0.746. The molecule has 24 heavy (non-hydrogen) atoms. The molecule has 0 bridgehead atoms. The van der Waals surface area contributed by atoms with Gasteiger partial charge >= 0.3 is 0 Å². The molecule has 3 aromatic heterocycles. The Morgan fingerprint density at radius 1 is 1.33 bits per heavy atom. The molecule has 1 saturated carbocycles. The second-order valence-electron chi connectivity index (χ2n) is 6.70. The lowest BCUT2D eigenvalue weighted by atomic mass is 9.77. The predicted molar refractivity (Wildman–Crippen MR) is 87.6 cm³/mol. The maximum absolute atomic E-state index is 12.1. The largest absolute Gasteiger partial charge is 0.339 e. The Balaban J connectivity index is 1.75. The van der Waals surface area contributed by atoms with Gasteiger partial charge in [-0.2, -0.15) is 4.98 Å². The summed E-state index contributed by atoms with van der Waals surface area (Å²) in [5, 5.41) is 7.39. The molecule has 0 atom stereocenters. The van der Waals surface area contributed by atoms with Crippen LogP contribution in [0.15, 0.2) is 9.32 Å². The highest BCUT2D eigenvalue weighted by molar-refractivity contribution is 5.80. The van der Waals surface area contributed by atoms with Gasteiger partial charge in [-0.3, -0.25) is 14.6 Å². The van der Waals surface area contributed by atoms with E-state index in [1.54, 1.807) is 11.7 Å². The highest BCUT2D eigenvalue weighted by atomic mass is 16.5. The van der Waals surface area contributed by atoms with E-state index in [0.29, 0.717) is 29.2 Å². The lowest BCUT2D eigenvalue weighted by molar-refractivity contribution is 0.229. The van der Waals surface area contributed by atoms with E-state index in [1.165, 1.54) is 0 Å². The summed E-state index contributed by atoms with van der Waals surface area (Å²) in [6, 6.07) is 0. The molecule has 3 N–H and O–H groups in total. The zero-order valence-electron chi connectivity index (χ0n) is 14.0. The predicted octanol–water partition coefficient (Wildman–Crippen LogP) is 1.19. The van der Waals surface area contributed by atoms with E-state index in [2.05, 4.69) is 20.2 Å². The van der Waals surface area contributed by atoms with Gasteiger partial charge in [-0.25, -0.2) is 4.98 Å². The van der Waals surface area contributed by atoms with E-state index in [4.69, 9.17) is 10.3 Å². The highest BCUT2D eigenvalue weighted by Gasteiger charge is 2.39. The summed E-state index contributed by atoms with van der Waals surface area (Å²) >= 11 is 0. The van der Waals surface area contributed by atoms with E-state index < -0.39 is 5.54 Å². The molecule has 3 heterocycles. The van der Waals surface area contributed by atoms with Crippen LogP contribution in [-0.2, 0) is 19.0 Å². The third-order valence-corrected chi connectivity index (χ3v) is 5.06. The number of H-pyrrole nitrogens is 1. The van der Waals surface area contributed by atoms with Gasteiger partial charge in [-0.1, -0.05) is 5.16 Å². The van der Waals surface area contributed by atoms with Crippen LogP contribution in [0.1, 0.15) is 47.8 Å². The summed E-state index contributed by atoms with van der Waals surface area (Å²) in [6.07, 6.45) is 3.31. The minimum absolute atomic E-state index is 0.139. The van der Waals surface area contributed by atoms with Gasteiger partial charge < -0.3 is 10.3 Å². The molecule has 0 unspecified atom stereocenters. The van der Waals surface area contributed by atoms with Gasteiger partial charge in [0, 0.05) is 12.7 Å². The first-order chi connectivity index (χ1) is 11.4. The first-order valence-electron chi connectivity index (χ1n) is 8.06. The Kier molecular flexibility index (Phi) is 3.14. The number of nitrogens with two attached hydrogens (primary N) is 1. The van der Waals surface area contributed by atoms with Crippen molar-refractivity contribution in [2.75, 3.05) is 0 Å². The fourth-order valence-electron chi connectivity index (χ4n) is 3.37. The number of fused-ring (bicyclic) bond motifs is 1. The second-order valence-corrected chi connectivity index (χ2v) is 6.70. The van der Waals surface area contributed by atoms with E-state index >= 15 is 0 Å². The number of nitrogens with one attached hydrogen (secondary N) is 1. The molecule has 8 heteroatoms. The lowest BCUT2D eigenvalue weighted by Gasteiger charge is -2.34. The molecule has 4 rings (SSSR count). The molecule has 8 nitrogen and oxygen atoms in total. The van der Waals surface area contributed by atoms with Gasteiger partial charge in [0.1, 0.15) is 0 Å². The monoisotopic (exact) mass is 328 g/mol. The molecule has 0 radical (unpaired) electrons. The van der Waals surface area contributed by atoms with Crippen LogP contribution in [-0.4, -0.2) is 24.9 Å². The molecule has 3 aromatic rings. The Labute approximate surface area is 138 Å². The summed E-state index contributed by atoms with van der Waals surface area (Å²) in [5.41, 5.74) is 9.00. The van der Waals surface area contributed by atoms with Crippen molar-refractivity contribution in [2.24, 2.45) is 12.8 Å². The van der Waals surface area contributed by atoms with Crippen molar-refractivity contribution >= 4 is 11.0 Å². The van der Waals surface area contributed by atoms with Gasteiger partial charge in [-0.05, 0) is 44.2 Å². The molecular weight excluding hydrogens is 308 g/mol. The van der Waals surface area contributed by atoms with Crippen molar-refractivity contribution in [3.8, 4) is 0 Å². The minimum Gasteiger partial charge on any atom is -0.339 e. The average molecular weight is 328 g/mol. The first kappa shape index (κ1) is 15.1. The number of rotatable bonds is 3. The number of hydrogen-bond donors (Lipinski definition) is 2. The van der Waals surface area contributed by atoms with Crippen LogP contribution in [0.2, 0.25) is 0 Å². The summed E-state index contributed by atoms with van der Waals surface area (Å²) in [4.78, 5) is 21.2. The molecule has 0 aromatic carbocycles. The number of pyridine rings is 1. The van der Waals surface area contributed by atoms with Crippen LogP contribution in [0.4, 0.5) is 0 Å². The van der Waals surface area contributed by atoms with Crippen LogP contribution in [0.5, 0.6) is 0 Å². The number of hydrogen-bond acceptors (Lipinski definition) is 6. The molecule has 0 saturated heterocycles. The summed E-state index contributed by atoms with van der Waals surface area (Å²) in [6.45, 7) is 3.85. The van der Waals surface area contributed by atoms with Crippen LogP contribution < -0.4 is 11.3 Å². The van der Waals surface area contributed by atoms with Crippen molar-refractivity contribution < 1.29 is 4.52 Å². The fraction of sp³-hybridized carbons (Fsp3) is 0.500. The molecule has 0 spiro atoms. The molecule has 0 amide bonds. The van der Waals surface area contributed by atoms with Crippen LogP contribution in [0.3, 0.4) is 0 Å². The molecule has 1 aliphatic rings. The van der Waals surface area contributed by atoms with Crippen LogP contribution in [0, 0.1) is 13.8 Å². The maximum Gasteiger partial charge on any atom is 0.273 e. The Morgan fingerprint density at radius 3 is 2.75 bits per heavy atom. The number of nitrogens with zero attached hydrogens (tertiary/aromatic N) is 4. The van der Waals surface area contributed by atoms with Crippen molar-refractivity contribution in [2.45, 2.75) is 45.1 Å². The topological polar surface area (TPSA) is 116 Å². The summed E-state index contributed by atoms with van der Waals surface area (Å²) in [5.74, 6) is 1.08. The molecule has 1 fully saturated rings. The summed E-state index contributed by atoms with van der Waals surface area (Å²) < 4.78 is 7.03. The molecular formula is C16H20N6O2. The average Bonchev–Trinajstić information content (AvgIpc) is 3.07. The second kappa shape index (κ2) is 5.01. The van der Waals surface area contributed by atoms with Crippen molar-refractivity contribution in [3.05, 3.63) is 38.9 Å². The maximum atomic E-state index is 12.1. The number of aromatic nitrogens is 5. The number of aromatic amines is 1. The zero-order valence-corrected chi connectivity index (χ0v) is 14.0. The van der Waals surface area contributed by atoms with Crippen molar-refractivity contribution in [1.29, 1.82) is 0 Å². The van der Waals surface area contributed by atoms with Crippen LogP contribution in [0.25, 0.3) is 11.0 Å². The van der Waals surface area contributed by atoms with E-state index in [1.807, 2.05) is 13.8 Å². The minimum atomic E-state index is -0.440. The van der Waals surface area contributed by atoms with Gasteiger partial charge in [0.2, 0.25) is 5.89 Å². The zero-order chi connectivity index (χ0) is 17.1. The van der Waals surface area contributed by atoms with Gasteiger partial charge in [-0.15, -0.1) is 0 Å². The fourth-order valence-corrected chi connectivity index (χ4v) is 3.37. The van der Waals surface area contributed by atoms with Crippen LogP contribution >= 0.6 is 0 Å². The van der Waals surface area contributed by atoms with E-state index in [0.717, 1.165) is 36.1 Å². The standard InChI is InChI=1S/C16H20N6O2/c1-8-10(9(2)18-13-12(8)14(23)20-22(13)3)7-11-19-15(21-24-11)16(17)5-4-6-16/h4-7,17H2,1-3H3,(H,20,23). The first-order valence-corrected chi connectivity index (χ1v) is 8.06. The third-order valence-electron chi connectivity index (χ3n) is 5.06. The Morgan fingerprint density at radius 2 is 2.08 bits per heavy atom. The third kappa shape index (κ3) is 2.10. The van der Waals surface area contributed by atoms with Gasteiger partial charge in [0.05, 0.1) is 17.3 Å². The summed E-state index contributed by atoms with van der Waals surface area (Å²) in [7, 11) is 1.78. The Hall–Kier alpha value is -2.48. The normalized spacial score (nSPS) is 16.5.